The van der Waals surface area contributed by atoms with Gasteiger partial charge in [-0.15, -0.1) is 0 Å². The molecule has 0 saturated heterocycles. The summed E-state index contributed by atoms with van der Waals surface area (Å²) in [6, 6.07) is 1.96. The summed E-state index contributed by atoms with van der Waals surface area (Å²) in [7, 11) is 0. The van der Waals surface area contributed by atoms with E-state index in [1.54, 1.807) is 12.3 Å². The molecule has 4 aliphatic rings. The van der Waals surface area contributed by atoms with Crippen LogP contribution in [0.3, 0.4) is 0 Å². The van der Waals surface area contributed by atoms with E-state index in [4.69, 9.17) is 4.63 Å². The summed E-state index contributed by atoms with van der Waals surface area (Å²) in [4.78, 5) is 30.8. The van der Waals surface area contributed by atoms with Crippen molar-refractivity contribution in [1.82, 2.24) is 35.5 Å². The average molecular weight is 629 g/mol. The first kappa shape index (κ1) is 29.6. The van der Waals surface area contributed by atoms with Crippen LogP contribution in [0, 0.1) is 28.6 Å². The van der Waals surface area contributed by atoms with Gasteiger partial charge in [0.25, 0.3) is 11.8 Å². The van der Waals surface area contributed by atoms with Crippen molar-refractivity contribution in [1.29, 1.82) is 5.26 Å². The molecule has 7 rings (SSSR count). The molecular weight excluding hydrogens is 596 g/mol. The number of imidazole rings is 1. The first-order chi connectivity index (χ1) is 21.5. The average Bonchev–Trinajstić information content (AvgIpc) is 3.96. The van der Waals surface area contributed by atoms with E-state index in [0.29, 0.717) is 42.6 Å². The Morgan fingerprint density at radius 3 is 2.47 bits per heavy atom. The molecule has 0 bridgehead atoms. The number of nitrogens with zero attached hydrogens (tertiary/aromatic N) is 6. The Hall–Kier alpha value is -4.09. The Kier molecular flexibility index (Phi) is 7.09. The van der Waals surface area contributed by atoms with Crippen molar-refractivity contribution in [3.05, 3.63) is 41.1 Å². The van der Waals surface area contributed by atoms with E-state index in [0.717, 1.165) is 12.8 Å². The molecule has 45 heavy (non-hydrogen) atoms. The van der Waals surface area contributed by atoms with Crippen molar-refractivity contribution in [3.8, 4) is 6.07 Å². The van der Waals surface area contributed by atoms with Crippen LogP contribution in [0.5, 0.6) is 0 Å². The first-order valence-corrected chi connectivity index (χ1v) is 15.4. The number of alkyl halides is 4. The van der Waals surface area contributed by atoms with Crippen molar-refractivity contribution in [2.45, 2.75) is 100 Å². The number of hydrogen-bond acceptors (Lipinski definition) is 8. The van der Waals surface area contributed by atoms with Gasteiger partial charge in [-0.1, -0.05) is 5.16 Å². The fourth-order valence-electron chi connectivity index (χ4n) is 6.39. The van der Waals surface area contributed by atoms with Gasteiger partial charge in [0.15, 0.2) is 11.3 Å². The van der Waals surface area contributed by atoms with E-state index in [1.165, 1.54) is 10.7 Å². The van der Waals surface area contributed by atoms with Crippen LogP contribution in [0.1, 0.15) is 116 Å². The van der Waals surface area contributed by atoms with Gasteiger partial charge in [-0.2, -0.15) is 19.1 Å². The topological polar surface area (TPSA) is 151 Å². The molecular formula is C30H32F4N8O3. The quantitative estimate of drug-likeness (QED) is 0.276. The molecule has 3 aromatic heterocycles. The van der Waals surface area contributed by atoms with E-state index in [-0.39, 0.29) is 54.8 Å². The number of amides is 2. The molecule has 4 fully saturated rings. The second-order valence-electron chi connectivity index (χ2n) is 13.2. The highest BCUT2D eigenvalue weighted by atomic mass is 19.3. The summed E-state index contributed by atoms with van der Waals surface area (Å²) < 4.78 is 63.9. The molecule has 238 valence electrons. The standard InChI is InChI=1S/C30H32F4N8O3/c31-29(32)7-5-18(6-8-29)22(38-26(43)24-23(17-3-4-17)40-45-41-24)20-14-42-21(37-20)11-19(13-36-42)25(28(15-35)9-10-28)39-27(44)30(33,34)12-16-1-2-16/h11,13-14,16-18,22,25H,1-10,12H2,(H,38,43)(H,39,44)/t22-,25+/m0/s1. The molecule has 0 spiro atoms. The summed E-state index contributed by atoms with van der Waals surface area (Å²) in [5.74, 6) is -8.78. The van der Waals surface area contributed by atoms with Gasteiger partial charge in [-0.25, -0.2) is 22.9 Å². The van der Waals surface area contributed by atoms with Crippen LogP contribution in [-0.2, 0) is 4.79 Å². The summed E-state index contributed by atoms with van der Waals surface area (Å²) in [6.45, 7) is 0. The van der Waals surface area contributed by atoms with Gasteiger partial charge in [0.2, 0.25) is 5.92 Å². The molecule has 2 atom stereocenters. The van der Waals surface area contributed by atoms with Crippen molar-refractivity contribution in [2.24, 2.45) is 17.3 Å². The van der Waals surface area contributed by atoms with Crippen molar-refractivity contribution in [3.63, 3.8) is 0 Å². The number of fused-ring (bicyclic) bond motifs is 1. The number of carbonyl (C=O) groups is 2. The molecule has 0 aliphatic heterocycles. The van der Waals surface area contributed by atoms with Crippen LogP contribution in [0.25, 0.3) is 5.65 Å². The second kappa shape index (κ2) is 10.8. The minimum absolute atomic E-state index is 0.0520. The van der Waals surface area contributed by atoms with E-state index in [9.17, 15) is 32.4 Å². The van der Waals surface area contributed by atoms with Gasteiger partial charge in [0.1, 0.15) is 5.69 Å². The summed E-state index contributed by atoms with van der Waals surface area (Å²) in [5.41, 5.74) is 0.458. The lowest BCUT2D eigenvalue weighted by atomic mass is 9.81. The number of nitriles is 1. The summed E-state index contributed by atoms with van der Waals surface area (Å²) >= 11 is 0. The van der Waals surface area contributed by atoms with Crippen molar-refractivity contribution >= 4 is 17.5 Å². The van der Waals surface area contributed by atoms with Gasteiger partial charge >= 0.3 is 5.92 Å². The van der Waals surface area contributed by atoms with Gasteiger partial charge in [-0.05, 0) is 80.0 Å². The van der Waals surface area contributed by atoms with Crippen molar-refractivity contribution in [2.75, 3.05) is 0 Å². The van der Waals surface area contributed by atoms with Gasteiger partial charge in [0.05, 0.1) is 41.7 Å². The highest BCUT2D eigenvalue weighted by Gasteiger charge is 2.54. The number of rotatable bonds is 11. The third-order valence-electron chi connectivity index (χ3n) is 9.64. The largest absolute Gasteiger partial charge is 0.342 e. The molecule has 0 unspecified atom stereocenters. The number of hydrogen-bond donors (Lipinski definition) is 2. The molecule has 0 aromatic carbocycles. The molecule has 4 saturated carbocycles. The Balaban J connectivity index is 1.18. The number of aromatic nitrogens is 5. The first-order valence-electron chi connectivity index (χ1n) is 15.4. The summed E-state index contributed by atoms with van der Waals surface area (Å²) in [5, 5.41) is 27.3. The Labute approximate surface area is 255 Å². The summed E-state index contributed by atoms with van der Waals surface area (Å²) in [6.07, 6.45) is 5.98. The number of carbonyl (C=O) groups excluding carboxylic acids is 2. The van der Waals surface area contributed by atoms with E-state index >= 15 is 0 Å². The molecule has 3 heterocycles. The van der Waals surface area contributed by atoms with Gasteiger partial charge < -0.3 is 10.6 Å². The monoisotopic (exact) mass is 628 g/mol. The van der Waals surface area contributed by atoms with Crippen molar-refractivity contribution < 1.29 is 31.8 Å². The van der Waals surface area contributed by atoms with Crippen LogP contribution in [-0.4, -0.2) is 48.6 Å². The molecule has 2 N–H and O–H groups in total. The Morgan fingerprint density at radius 1 is 1.09 bits per heavy atom. The molecule has 3 aromatic rings. The zero-order valence-electron chi connectivity index (χ0n) is 24.3. The van der Waals surface area contributed by atoms with Crippen LogP contribution in [0.15, 0.2) is 23.1 Å². The van der Waals surface area contributed by atoms with Gasteiger partial charge in [-0.3, -0.25) is 9.59 Å². The van der Waals surface area contributed by atoms with E-state index in [1.807, 2.05) is 0 Å². The molecule has 4 aliphatic carbocycles. The predicted octanol–water partition coefficient (Wildman–Crippen LogP) is 5.18. The van der Waals surface area contributed by atoms with Crippen LogP contribution < -0.4 is 10.6 Å². The molecule has 11 nitrogen and oxygen atoms in total. The SMILES string of the molecule is N#CC1([C@H](NC(=O)C(F)(F)CC2CC2)c2cnn3cc([C@@H](NC(=O)c4nonc4C4CC4)C4CCC(F)(F)CC4)nc3c2)CC1. The molecule has 0 radical (unpaired) electrons. The number of nitrogens with one attached hydrogen (secondary N) is 2. The van der Waals surface area contributed by atoms with Gasteiger partial charge in [0, 0.05) is 25.2 Å². The lowest BCUT2D eigenvalue weighted by Gasteiger charge is -2.33. The second-order valence-corrected chi connectivity index (χ2v) is 13.2. The lowest BCUT2D eigenvalue weighted by molar-refractivity contribution is -0.148. The lowest BCUT2D eigenvalue weighted by Crippen LogP contribution is -2.44. The minimum atomic E-state index is -3.57. The van der Waals surface area contributed by atoms with Crippen LogP contribution in [0.4, 0.5) is 17.6 Å². The third kappa shape index (κ3) is 5.98. The van der Waals surface area contributed by atoms with Crippen LogP contribution >= 0.6 is 0 Å². The Morgan fingerprint density at radius 2 is 1.82 bits per heavy atom. The maximum atomic E-state index is 14.7. The smallest absolute Gasteiger partial charge is 0.324 e. The normalized spacial score (nSPS) is 22.4. The Bertz CT molecular complexity index is 1660. The third-order valence-corrected chi connectivity index (χ3v) is 9.64. The molecule has 2 amide bonds. The number of halogens is 4. The zero-order valence-corrected chi connectivity index (χ0v) is 24.3. The predicted molar refractivity (Wildman–Crippen MR) is 147 cm³/mol. The fraction of sp³-hybridized carbons (Fsp3) is 0.633. The minimum Gasteiger partial charge on any atom is -0.342 e. The van der Waals surface area contributed by atoms with E-state index < -0.39 is 47.6 Å². The maximum Gasteiger partial charge on any atom is 0.324 e. The molecule has 15 heteroatoms. The fourth-order valence-corrected chi connectivity index (χ4v) is 6.39. The van der Waals surface area contributed by atoms with Crippen LogP contribution in [0.2, 0.25) is 0 Å². The highest BCUT2D eigenvalue weighted by molar-refractivity contribution is 5.93. The maximum absolute atomic E-state index is 14.7. The zero-order chi connectivity index (χ0) is 31.6. The highest BCUT2D eigenvalue weighted by Crippen LogP contribution is 2.55. The van der Waals surface area contributed by atoms with E-state index in [2.05, 4.69) is 37.1 Å².